The van der Waals surface area contributed by atoms with Gasteiger partial charge in [0, 0.05) is 12.6 Å². The number of aliphatic hydroxyl groups excluding tert-OH is 1. The van der Waals surface area contributed by atoms with Crippen LogP contribution in [0.3, 0.4) is 0 Å². The number of benzene rings is 2. The molecule has 0 bridgehead atoms. The van der Waals surface area contributed by atoms with Crippen LogP contribution in [0.1, 0.15) is 35.8 Å². The predicted octanol–water partition coefficient (Wildman–Crippen LogP) is 3.38. The van der Waals surface area contributed by atoms with E-state index >= 15 is 0 Å². The fourth-order valence-electron chi connectivity index (χ4n) is 2.26. The van der Waals surface area contributed by atoms with E-state index in [0.29, 0.717) is 6.54 Å². The van der Waals surface area contributed by atoms with Crippen LogP contribution >= 0.6 is 0 Å². The van der Waals surface area contributed by atoms with Crippen LogP contribution in [0.5, 0.6) is 0 Å². The van der Waals surface area contributed by atoms with Gasteiger partial charge < -0.3 is 10.4 Å². The monoisotopic (exact) mass is 255 g/mol. The van der Waals surface area contributed by atoms with Crippen molar-refractivity contribution in [3.63, 3.8) is 0 Å². The molecule has 0 amide bonds. The second-order valence-electron chi connectivity index (χ2n) is 4.91. The Morgan fingerprint density at radius 1 is 1.00 bits per heavy atom. The number of hydrogen-bond acceptors (Lipinski definition) is 2. The minimum atomic E-state index is -0.465. The lowest BCUT2D eigenvalue weighted by atomic mass is 10.0. The lowest BCUT2D eigenvalue weighted by Crippen LogP contribution is -2.25. The van der Waals surface area contributed by atoms with E-state index in [0.717, 1.165) is 5.56 Å². The zero-order chi connectivity index (χ0) is 13.7. The highest BCUT2D eigenvalue weighted by Gasteiger charge is 2.11. The molecule has 0 aliphatic heterocycles. The summed E-state index contributed by atoms with van der Waals surface area (Å²) in [4.78, 5) is 0. The molecule has 2 rings (SSSR count). The van der Waals surface area contributed by atoms with Gasteiger partial charge in [0.25, 0.3) is 0 Å². The molecule has 0 aromatic heterocycles. The molecule has 0 heterocycles. The molecule has 2 unspecified atom stereocenters. The van der Waals surface area contributed by atoms with Crippen molar-refractivity contribution < 1.29 is 5.11 Å². The topological polar surface area (TPSA) is 32.3 Å². The molecule has 2 atom stereocenters. The Balaban J connectivity index is 1.94. The van der Waals surface area contributed by atoms with Crippen LogP contribution in [-0.4, -0.2) is 11.7 Å². The zero-order valence-corrected chi connectivity index (χ0v) is 11.5. The quantitative estimate of drug-likeness (QED) is 0.858. The Labute approximate surface area is 115 Å². The van der Waals surface area contributed by atoms with Crippen LogP contribution in [0.25, 0.3) is 0 Å². The summed E-state index contributed by atoms with van der Waals surface area (Å²) in [5.74, 6) is 0. The van der Waals surface area contributed by atoms with Crippen molar-refractivity contribution >= 4 is 0 Å². The van der Waals surface area contributed by atoms with E-state index in [2.05, 4.69) is 31.3 Å². The van der Waals surface area contributed by atoms with E-state index in [-0.39, 0.29) is 6.04 Å². The predicted molar refractivity (Wildman–Crippen MR) is 79.0 cm³/mol. The third-order valence-electron chi connectivity index (χ3n) is 3.46. The summed E-state index contributed by atoms with van der Waals surface area (Å²) in [6.45, 7) is 4.79. The number of aliphatic hydroxyl groups is 1. The van der Waals surface area contributed by atoms with Gasteiger partial charge in [0.15, 0.2) is 0 Å². The number of rotatable bonds is 5. The van der Waals surface area contributed by atoms with Gasteiger partial charge >= 0.3 is 0 Å². The molecule has 2 aromatic rings. The third-order valence-corrected chi connectivity index (χ3v) is 3.46. The second-order valence-corrected chi connectivity index (χ2v) is 4.91. The summed E-state index contributed by atoms with van der Waals surface area (Å²) >= 11 is 0. The molecule has 0 radical (unpaired) electrons. The van der Waals surface area contributed by atoms with Gasteiger partial charge in [0.2, 0.25) is 0 Å². The first-order valence-electron chi connectivity index (χ1n) is 6.70. The van der Waals surface area contributed by atoms with E-state index < -0.39 is 6.10 Å². The summed E-state index contributed by atoms with van der Waals surface area (Å²) in [6.07, 6.45) is -0.465. The summed E-state index contributed by atoms with van der Waals surface area (Å²) in [6, 6.07) is 18.3. The van der Waals surface area contributed by atoms with E-state index in [9.17, 15) is 5.11 Å². The zero-order valence-electron chi connectivity index (χ0n) is 11.5. The van der Waals surface area contributed by atoms with Crippen LogP contribution in [0.2, 0.25) is 0 Å². The van der Waals surface area contributed by atoms with E-state index in [1.54, 1.807) is 0 Å². The van der Waals surface area contributed by atoms with Crippen LogP contribution in [0.4, 0.5) is 0 Å². The molecule has 0 aliphatic rings. The van der Waals surface area contributed by atoms with Crippen molar-refractivity contribution in [1.29, 1.82) is 0 Å². The summed E-state index contributed by atoms with van der Waals surface area (Å²) in [7, 11) is 0. The van der Waals surface area contributed by atoms with Crippen molar-refractivity contribution in [2.24, 2.45) is 0 Å². The lowest BCUT2D eigenvalue weighted by Gasteiger charge is -2.19. The second kappa shape index (κ2) is 6.50. The largest absolute Gasteiger partial charge is 0.387 e. The van der Waals surface area contributed by atoms with E-state index in [1.807, 2.05) is 42.5 Å². The molecular weight excluding hydrogens is 234 g/mol. The molecular formula is C17H21NO. The number of nitrogens with one attached hydrogen (secondary N) is 1. The molecule has 2 N–H and O–H groups in total. The maximum atomic E-state index is 10.1. The Morgan fingerprint density at radius 3 is 2.32 bits per heavy atom. The van der Waals surface area contributed by atoms with Crippen molar-refractivity contribution in [1.82, 2.24) is 5.32 Å². The molecule has 0 spiro atoms. The maximum Gasteiger partial charge on any atom is 0.0914 e. The number of aryl methyl sites for hydroxylation is 1. The molecule has 100 valence electrons. The average molecular weight is 255 g/mol. The van der Waals surface area contributed by atoms with Gasteiger partial charge in [0.05, 0.1) is 6.10 Å². The smallest absolute Gasteiger partial charge is 0.0914 e. The highest BCUT2D eigenvalue weighted by atomic mass is 16.3. The van der Waals surface area contributed by atoms with E-state index in [4.69, 9.17) is 0 Å². The maximum absolute atomic E-state index is 10.1. The minimum absolute atomic E-state index is 0.236. The molecule has 2 heteroatoms. The van der Waals surface area contributed by atoms with E-state index in [1.165, 1.54) is 11.1 Å². The fraction of sp³-hybridized carbons (Fsp3) is 0.294. The van der Waals surface area contributed by atoms with Crippen molar-refractivity contribution in [2.75, 3.05) is 6.54 Å². The Bertz CT molecular complexity index is 510. The van der Waals surface area contributed by atoms with Gasteiger partial charge in [-0.25, -0.2) is 0 Å². The molecule has 0 saturated carbocycles. The first-order chi connectivity index (χ1) is 9.18. The summed E-state index contributed by atoms with van der Waals surface area (Å²) in [5.41, 5.74) is 3.51. The molecule has 2 aromatic carbocycles. The van der Waals surface area contributed by atoms with Gasteiger partial charge in [-0.15, -0.1) is 0 Å². The van der Waals surface area contributed by atoms with Crippen molar-refractivity contribution in [3.05, 3.63) is 71.3 Å². The average Bonchev–Trinajstić information content (AvgIpc) is 2.46. The standard InChI is InChI=1S/C17H21NO/c1-13-8-6-7-11-16(13)14(2)18-12-17(19)15-9-4-3-5-10-15/h3-11,14,17-19H,12H2,1-2H3. The van der Waals surface area contributed by atoms with Gasteiger partial charge in [-0.1, -0.05) is 54.6 Å². The molecule has 0 fully saturated rings. The van der Waals surface area contributed by atoms with Gasteiger partial charge in [-0.2, -0.15) is 0 Å². The third kappa shape index (κ3) is 3.66. The molecule has 2 nitrogen and oxygen atoms in total. The van der Waals surface area contributed by atoms with Gasteiger partial charge in [-0.3, -0.25) is 0 Å². The lowest BCUT2D eigenvalue weighted by molar-refractivity contribution is 0.171. The van der Waals surface area contributed by atoms with Gasteiger partial charge in [-0.05, 0) is 30.5 Å². The minimum Gasteiger partial charge on any atom is -0.387 e. The number of hydrogen-bond donors (Lipinski definition) is 2. The van der Waals surface area contributed by atoms with Crippen LogP contribution < -0.4 is 5.32 Å². The van der Waals surface area contributed by atoms with Crippen LogP contribution in [-0.2, 0) is 0 Å². The van der Waals surface area contributed by atoms with Crippen molar-refractivity contribution in [2.45, 2.75) is 26.0 Å². The Hall–Kier alpha value is -1.64. The van der Waals surface area contributed by atoms with Crippen molar-refractivity contribution in [3.8, 4) is 0 Å². The Morgan fingerprint density at radius 2 is 1.63 bits per heavy atom. The Kier molecular flexibility index (Phi) is 4.72. The molecule has 0 aliphatic carbocycles. The first kappa shape index (κ1) is 13.8. The molecule has 19 heavy (non-hydrogen) atoms. The summed E-state index contributed by atoms with van der Waals surface area (Å²) in [5, 5.41) is 13.5. The van der Waals surface area contributed by atoms with Gasteiger partial charge in [0.1, 0.15) is 0 Å². The normalized spacial score (nSPS) is 14.1. The molecule has 0 saturated heterocycles. The van der Waals surface area contributed by atoms with Crippen LogP contribution in [0, 0.1) is 6.92 Å². The first-order valence-corrected chi connectivity index (χ1v) is 6.70. The summed E-state index contributed by atoms with van der Waals surface area (Å²) < 4.78 is 0. The fourth-order valence-corrected chi connectivity index (χ4v) is 2.26. The van der Waals surface area contributed by atoms with Crippen LogP contribution in [0.15, 0.2) is 54.6 Å². The highest BCUT2D eigenvalue weighted by molar-refractivity contribution is 5.28. The highest BCUT2D eigenvalue weighted by Crippen LogP contribution is 2.18. The SMILES string of the molecule is Cc1ccccc1C(C)NCC(O)c1ccccc1.